The van der Waals surface area contributed by atoms with E-state index in [-0.39, 0.29) is 6.10 Å². The van der Waals surface area contributed by atoms with Gasteiger partial charge in [-0.15, -0.1) is 0 Å². The van der Waals surface area contributed by atoms with Gasteiger partial charge in [0.15, 0.2) is 0 Å². The van der Waals surface area contributed by atoms with E-state index in [4.69, 9.17) is 10.4 Å². The Morgan fingerprint density at radius 1 is 0.917 bits per heavy atom. The summed E-state index contributed by atoms with van der Waals surface area (Å²) < 4.78 is 0. The molecule has 0 saturated carbocycles. The number of allylic oxidation sites excluding steroid dienone is 7. The molecule has 4 heteroatoms. The van der Waals surface area contributed by atoms with Crippen LogP contribution in [-0.2, 0) is 9.68 Å². The first-order chi connectivity index (χ1) is 11.7. The van der Waals surface area contributed by atoms with Crippen LogP contribution in [-0.4, -0.2) is 22.4 Å². The van der Waals surface area contributed by atoms with Gasteiger partial charge in [-0.3, -0.25) is 5.26 Å². The van der Waals surface area contributed by atoms with E-state index in [1.165, 1.54) is 38.2 Å². The van der Waals surface area contributed by atoms with Gasteiger partial charge in [0.05, 0.1) is 6.10 Å². The van der Waals surface area contributed by atoms with Gasteiger partial charge in [-0.05, 0) is 19.3 Å². The van der Waals surface area contributed by atoms with Crippen molar-refractivity contribution in [3.8, 4) is 0 Å². The van der Waals surface area contributed by atoms with E-state index in [0.717, 1.165) is 31.8 Å². The Morgan fingerprint density at radius 2 is 1.54 bits per heavy atom. The first-order valence-electron chi connectivity index (χ1n) is 8.90. The van der Waals surface area contributed by atoms with Crippen LogP contribution in [0, 0.1) is 0 Å². The van der Waals surface area contributed by atoms with Crippen LogP contribution in [0.2, 0.25) is 0 Å². The maximum absolute atomic E-state index is 10.2. The maximum Gasteiger partial charge on any atom is 0.328 e. The molecule has 0 bridgehead atoms. The molecule has 0 aromatic carbocycles. The van der Waals surface area contributed by atoms with Crippen molar-refractivity contribution in [2.75, 3.05) is 0 Å². The first kappa shape index (κ1) is 22.4. The third-order valence-electron chi connectivity index (χ3n) is 3.61. The highest BCUT2D eigenvalue weighted by atomic mass is 17.1. The average Bonchev–Trinajstić information content (AvgIpc) is 2.57. The van der Waals surface area contributed by atoms with Crippen molar-refractivity contribution in [2.24, 2.45) is 0 Å². The lowest BCUT2D eigenvalue weighted by Crippen LogP contribution is -2.10. The van der Waals surface area contributed by atoms with E-state index >= 15 is 0 Å². The maximum atomic E-state index is 10.2. The van der Waals surface area contributed by atoms with Crippen LogP contribution in [0.4, 0.5) is 0 Å². The van der Waals surface area contributed by atoms with Crippen molar-refractivity contribution >= 4 is 5.97 Å². The largest absolute Gasteiger partial charge is 0.478 e. The van der Waals surface area contributed by atoms with Gasteiger partial charge in [-0.25, -0.2) is 9.68 Å². The van der Waals surface area contributed by atoms with Crippen LogP contribution in [0.1, 0.15) is 64.7 Å². The highest BCUT2D eigenvalue weighted by molar-refractivity contribution is 5.80. The SMILES string of the molecule is CCCCCCCCC(CCC=CC=CC=CC=CC(=O)O)OO. The van der Waals surface area contributed by atoms with Crippen LogP contribution in [0.25, 0.3) is 0 Å². The molecular formula is C20H32O4. The zero-order valence-corrected chi connectivity index (χ0v) is 14.8. The number of carboxylic acids is 1. The normalized spacial score (nSPS) is 13.8. The van der Waals surface area contributed by atoms with E-state index in [1.807, 2.05) is 24.3 Å². The van der Waals surface area contributed by atoms with Crippen LogP contribution < -0.4 is 0 Å². The molecule has 0 spiro atoms. The first-order valence-corrected chi connectivity index (χ1v) is 8.90. The summed E-state index contributed by atoms with van der Waals surface area (Å²) in [4.78, 5) is 14.8. The number of aliphatic carboxylic acids is 1. The number of carboxylic acid groups (broad SMARTS) is 1. The summed E-state index contributed by atoms with van der Waals surface area (Å²) in [6.45, 7) is 2.21. The van der Waals surface area contributed by atoms with E-state index in [1.54, 1.807) is 12.2 Å². The summed E-state index contributed by atoms with van der Waals surface area (Å²) in [5, 5.41) is 17.3. The van der Waals surface area contributed by atoms with Gasteiger partial charge >= 0.3 is 5.97 Å². The lowest BCUT2D eigenvalue weighted by molar-refractivity contribution is -0.281. The van der Waals surface area contributed by atoms with Crippen molar-refractivity contribution in [3.63, 3.8) is 0 Å². The van der Waals surface area contributed by atoms with E-state index in [2.05, 4.69) is 11.8 Å². The Kier molecular flexibility index (Phi) is 16.5. The lowest BCUT2D eigenvalue weighted by atomic mass is 10.0. The highest BCUT2D eigenvalue weighted by Crippen LogP contribution is 2.13. The standard InChI is InChI=1S/C20H32O4/c1-2-3-4-5-10-13-16-19(24-23)17-14-11-8-6-7-9-12-15-18-20(21)22/h6-9,11-12,15,18-19,23H,2-5,10,13-14,16-17H2,1H3,(H,21,22). The molecule has 24 heavy (non-hydrogen) atoms. The summed E-state index contributed by atoms with van der Waals surface area (Å²) in [5.41, 5.74) is 0. The van der Waals surface area contributed by atoms with Crippen LogP contribution in [0.5, 0.6) is 0 Å². The monoisotopic (exact) mass is 336 g/mol. The molecule has 0 rings (SSSR count). The van der Waals surface area contributed by atoms with Gasteiger partial charge in [-0.1, -0.05) is 88.0 Å². The molecule has 4 nitrogen and oxygen atoms in total. The summed E-state index contributed by atoms with van der Waals surface area (Å²) in [5.74, 6) is -0.954. The Labute approximate surface area is 146 Å². The van der Waals surface area contributed by atoms with Crippen molar-refractivity contribution < 1.29 is 20.0 Å². The molecule has 0 saturated heterocycles. The fourth-order valence-electron chi connectivity index (χ4n) is 2.25. The molecule has 136 valence electrons. The number of carbonyl (C=O) groups is 1. The van der Waals surface area contributed by atoms with Gasteiger partial charge in [0.25, 0.3) is 0 Å². The Bertz CT molecular complexity index is 408. The molecule has 0 aliphatic carbocycles. The van der Waals surface area contributed by atoms with Crippen molar-refractivity contribution in [1.29, 1.82) is 0 Å². The molecule has 0 aliphatic heterocycles. The summed E-state index contributed by atoms with van der Waals surface area (Å²) >= 11 is 0. The van der Waals surface area contributed by atoms with Gasteiger partial charge in [0.2, 0.25) is 0 Å². The summed E-state index contributed by atoms with van der Waals surface area (Å²) in [6.07, 6.45) is 23.6. The van der Waals surface area contributed by atoms with Crippen LogP contribution in [0.3, 0.4) is 0 Å². The summed E-state index contributed by atoms with van der Waals surface area (Å²) in [6, 6.07) is 0. The fourth-order valence-corrected chi connectivity index (χ4v) is 2.25. The molecule has 0 radical (unpaired) electrons. The minimum atomic E-state index is -0.954. The predicted octanol–water partition coefficient (Wildman–Crippen LogP) is 5.68. The second-order valence-corrected chi connectivity index (χ2v) is 5.76. The zero-order valence-electron chi connectivity index (χ0n) is 14.8. The highest BCUT2D eigenvalue weighted by Gasteiger charge is 2.07. The molecule has 0 heterocycles. The van der Waals surface area contributed by atoms with Gasteiger partial charge in [-0.2, -0.15) is 0 Å². The number of unbranched alkanes of at least 4 members (excludes halogenated alkanes) is 5. The summed E-state index contributed by atoms with van der Waals surface area (Å²) in [7, 11) is 0. The second kappa shape index (κ2) is 17.7. The smallest absolute Gasteiger partial charge is 0.328 e. The Hall–Kier alpha value is -1.65. The van der Waals surface area contributed by atoms with Crippen molar-refractivity contribution in [1.82, 2.24) is 0 Å². The van der Waals surface area contributed by atoms with E-state index < -0.39 is 5.97 Å². The molecule has 2 N–H and O–H groups in total. The molecule has 1 atom stereocenters. The fraction of sp³-hybridized carbons (Fsp3) is 0.550. The second-order valence-electron chi connectivity index (χ2n) is 5.76. The molecule has 0 fully saturated rings. The van der Waals surface area contributed by atoms with Crippen molar-refractivity contribution in [2.45, 2.75) is 70.8 Å². The number of rotatable bonds is 15. The van der Waals surface area contributed by atoms with Gasteiger partial charge in [0.1, 0.15) is 0 Å². The third-order valence-corrected chi connectivity index (χ3v) is 3.61. The van der Waals surface area contributed by atoms with Crippen LogP contribution >= 0.6 is 0 Å². The van der Waals surface area contributed by atoms with E-state index in [0.29, 0.717) is 0 Å². The number of hydrogen-bond acceptors (Lipinski definition) is 3. The van der Waals surface area contributed by atoms with Gasteiger partial charge in [0, 0.05) is 6.08 Å². The minimum absolute atomic E-state index is 0.0779. The topological polar surface area (TPSA) is 66.8 Å². The van der Waals surface area contributed by atoms with E-state index in [9.17, 15) is 4.79 Å². The minimum Gasteiger partial charge on any atom is -0.478 e. The van der Waals surface area contributed by atoms with Crippen LogP contribution in [0.15, 0.2) is 48.6 Å². The molecular weight excluding hydrogens is 304 g/mol. The molecule has 1 unspecified atom stereocenters. The third kappa shape index (κ3) is 16.7. The molecule has 0 aromatic rings. The lowest BCUT2D eigenvalue weighted by Gasteiger charge is -2.11. The molecule has 0 amide bonds. The Balaban J connectivity index is 3.72. The number of hydrogen-bond donors (Lipinski definition) is 2. The van der Waals surface area contributed by atoms with Gasteiger partial charge < -0.3 is 5.11 Å². The predicted molar refractivity (Wildman–Crippen MR) is 98.9 cm³/mol. The molecule has 0 aromatic heterocycles. The average molecular weight is 336 g/mol. The molecule has 0 aliphatic rings. The zero-order chi connectivity index (χ0) is 17.9. The van der Waals surface area contributed by atoms with Crippen molar-refractivity contribution in [3.05, 3.63) is 48.6 Å². The Morgan fingerprint density at radius 3 is 2.21 bits per heavy atom. The quantitative estimate of drug-likeness (QED) is 0.133.